The van der Waals surface area contributed by atoms with E-state index in [9.17, 15) is 4.79 Å². The van der Waals surface area contributed by atoms with E-state index < -0.39 is 0 Å². The Labute approximate surface area is 159 Å². The van der Waals surface area contributed by atoms with Crippen LogP contribution in [-0.2, 0) is 16.1 Å². The van der Waals surface area contributed by atoms with Crippen molar-refractivity contribution in [3.63, 3.8) is 0 Å². The summed E-state index contributed by atoms with van der Waals surface area (Å²) < 4.78 is 7.51. The average molecular weight is 363 g/mol. The number of hydrogen-bond acceptors (Lipinski definition) is 3. The van der Waals surface area contributed by atoms with Crippen LogP contribution in [0.3, 0.4) is 0 Å². The van der Waals surface area contributed by atoms with Crippen LogP contribution in [0.4, 0.5) is 0 Å². The van der Waals surface area contributed by atoms with Gasteiger partial charge in [-0.15, -0.1) is 0 Å². The lowest BCUT2D eigenvalue weighted by Crippen LogP contribution is -2.28. The van der Waals surface area contributed by atoms with Gasteiger partial charge in [-0.2, -0.15) is 0 Å². The second-order valence-electron chi connectivity index (χ2n) is 7.14. The van der Waals surface area contributed by atoms with Gasteiger partial charge in [0.15, 0.2) is 0 Å². The summed E-state index contributed by atoms with van der Waals surface area (Å²) in [5.74, 6) is 1.29. The molecule has 2 atom stereocenters. The van der Waals surface area contributed by atoms with E-state index in [1.165, 1.54) is 5.56 Å². The number of carbonyl (C=O) groups is 1. The minimum Gasteiger partial charge on any atom is -0.383 e. The molecule has 5 nitrogen and oxygen atoms in total. The molecule has 0 spiro atoms. The number of amides is 1. The predicted molar refractivity (Wildman–Crippen MR) is 106 cm³/mol. The highest BCUT2D eigenvalue weighted by Crippen LogP contribution is 2.34. The van der Waals surface area contributed by atoms with Gasteiger partial charge in [0.2, 0.25) is 5.91 Å². The molecule has 0 aliphatic carbocycles. The first-order valence-corrected chi connectivity index (χ1v) is 9.47. The highest BCUT2D eigenvalue weighted by Gasteiger charge is 2.36. The van der Waals surface area contributed by atoms with Crippen LogP contribution < -0.4 is 0 Å². The molecule has 2 heterocycles. The minimum absolute atomic E-state index is 0.0699. The molecule has 1 fully saturated rings. The summed E-state index contributed by atoms with van der Waals surface area (Å²) >= 11 is 0. The topological polar surface area (TPSA) is 47.4 Å². The average Bonchev–Trinajstić information content (AvgIpc) is 3.27. The van der Waals surface area contributed by atoms with Crippen LogP contribution in [0.2, 0.25) is 0 Å². The molecule has 140 valence electrons. The van der Waals surface area contributed by atoms with E-state index in [0.29, 0.717) is 19.6 Å². The first kappa shape index (κ1) is 17.7. The van der Waals surface area contributed by atoms with Crippen molar-refractivity contribution in [3.8, 4) is 0 Å². The van der Waals surface area contributed by atoms with Crippen LogP contribution in [0, 0.1) is 0 Å². The van der Waals surface area contributed by atoms with E-state index >= 15 is 0 Å². The van der Waals surface area contributed by atoms with Crippen LogP contribution in [0.5, 0.6) is 0 Å². The van der Waals surface area contributed by atoms with E-state index in [2.05, 4.69) is 29.7 Å². The number of imidazole rings is 1. The number of nitrogens with zero attached hydrogens (tertiary/aromatic N) is 3. The van der Waals surface area contributed by atoms with Crippen molar-refractivity contribution in [1.82, 2.24) is 14.5 Å². The third-order valence-corrected chi connectivity index (χ3v) is 5.48. The first-order valence-electron chi connectivity index (χ1n) is 9.47. The fourth-order valence-corrected chi connectivity index (χ4v) is 4.01. The molecule has 2 unspecified atom stereocenters. The molecule has 0 saturated carbocycles. The van der Waals surface area contributed by atoms with Crippen molar-refractivity contribution in [3.05, 3.63) is 66.0 Å². The Kier molecular flexibility index (Phi) is 4.94. The van der Waals surface area contributed by atoms with Crippen LogP contribution in [0.1, 0.15) is 36.7 Å². The summed E-state index contributed by atoms with van der Waals surface area (Å²) in [7, 11) is 1.71. The standard InChI is InChI=1S/C22H25N3O2/c1-16(17-8-4-3-5-9-17)25-15-18(14-21(25)26)22-23-19-10-6-7-11-20(19)24(22)12-13-27-2/h3-11,16,18H,12-15H2,1-2H3. The Balaban J connectivity index is 1.64. The maximum Gasteiger partial charge on any atom is 0.223 e. The summed E-state index contributed by atoms with van der Waals surface area (Å²) in [6, 6.07) is 18.4. The number of likely N-dealkylation sites (tertiary alicyclic amines) is 1. The van der Waals surface area contributed by atoms with Gasteiger partial charge >= 0.3 is 0 Å². The van der Waals surface area contributed by atoms with Gasteiger partial charge in [0, 0.05) is 32.5 Å². The summed E-state index contributed by atoms with van der Waals surface area (Å²) in [6.45, 7) is 4.16. The molecule has 2 aromatic carbocycles. The Bertz CT molecular complexity index is 935. The van der Waals surface area contributed by atoms with Crippen molar-refractivity contribution in [2.75, 3.05) is 20.3 Å². The maximum absolute atomic E-state index is 12.8. The summed E-state index contributed by atoms with van der Waals surface area (Å²) in [5.41, 5.74) is 3.25. The van der Waals surface area contributed by atoms with Crippen LogP contribution in [0.25, 0.3) is 11.0 Å². The Hall–Kier alpha value is -2.66. The predicted octanol–water partition coefficient (Wildman–Crippen LogP) is 3.76. The van der Waals surface area contributed by atoms with Crippen molar-refractivity contribution in [1.29, 1.82) is 0 Å². The molecule has 1 saturated heterocycles. The molecule has 1 aromatic heterocycles. The van der Waals surface area contributed by atoms with Crippen LogP contribution in [0.15, 0.2) is 54.6 Å². The Morgan fingerprint density at radius 2 is 1.89 bits per heavy atom. The highest BCUT2D eigenvalue weighted by atomic mass is 16.5. The van der Waals surface area contributed by atoms with Gasteiger partial charge in [-0.25, -0.2) is 4.98 Å². The van der Waals surface area contributed by atoms with Crippen LogP contribution >= 0.6 is 0 Å². The number of benzene rings is 2. The summed E-state index contributed by atoms with van der Waals surface area (Å²) in [4.78, 5) is 19.6. The maximum atomic E-state index is 12.8. The van der Waals surface area contributed by atoms with E-state index in [1.807, 2.05) is 41.3 Å². The molecule has 27 heavy (non-hydrogen) atoms. The number of methoxy groups -OCH3 is 1. The summed E-state index contributed by atoms with van der Waals surface area (Å²) in [6.07, 6.45) is 0.507. The van der Waals surface area contributed by atoms with Crippen molar-refractivity contribution < 1.29 is 9.53 Å². The molecule has 0 N–H and O–H groups in total. The molecule has 5 heteroatoms. The van der Waals surface area contributed by atoms with Gasteiger partial charge in [-0.3, -0.25) is 4.79 Å². The van der Waals surface area contributed by atoms with E-state index in [-0.39, 0.29) is 17.9 Å². The smallest absolute Gasteiger partial charge is 0.223 e. The van der Waals surface area contributed by atoms with E-state index in [1.54, 1.807) is 7.11 Å². The van der Waals surface area contributed by atoms with Gasteiger partial charge in [0.1, 0.15) is 5.82 Å². The molecule has 3 aromatic rings. The number of ether oxygens (including phenoxy) is 1. The normalized spacial score (nSPS) is 18.4. The molecular formula is C22H25N3O2. The minimum atomic E-state index is 0.0699. The van der Waals surface area contributed by atoms with Crippen LogP contribution in [-0.4, -0.2) is 40.6 Å². The van der Waals surface area contributed by atoms with E-state index in [0.717, 1.165) is 23.4 Å². The number of fused-ring (bicyclic) bond motifs is 1. The zero-order valence-corrected chi connectivity index (χ0v) is 15.8. The SMILES string of the molecule is COCCn1c(C2CC(=O)N(C(C)c3ccccc3)C2)nc2ccccc21. The number of aromatic nitrogens is 2. The molecule has 1 aliphatic heterocycles. The van der Waals surface area contributed by atoms with Gasteiger partial charge < -0.3 is 14.2 Å². The molecule has 0 bridgehead atoms. The molecule has 0 radical (unpaired) electrons. The lowest BCUT2D eigenvalue weighted by atomic mass is 10.1. The van der Waals surface area contributed by atoms with E-state index in [4.69, 9.17) is 9.72 Å². The summed E-state index contributed by atoms with van der Waals surface area (Å²) in [5, 5.41) is 0. The number of para-hydroxylation sites is 2. The fraction of sp³-hybridized carbons (Fsp3) is 0.364. The second kappa shape index (κ2) is 7.53. The third kappa shape index (κ3) is 3.35. The van der Waals surface area contributed by atoms with Gasteiger partial charge in [-0.1, -0.05) is 42.5 Å². The van der Waals surface area contributed by atoms with Crippen molar-refractivity contribution in [2.45, 2.75) is 31.8 Å². The van der Waals surface area contributed by atoms with Gasteiger partial charge in [-0.05, 0) is 24.6 Å². The molecule has 1 amide bonds. The number of hydrogen-bond donors (Lipinski definition) is 0. The molecular weight excluding hydrogens is 338 g/mol. The fourth-order valence-electron chi connectivity index (χ4n) is 4.01. The van der Waals surface area contributed by atoms with Crippen molar-refractivity contribution >= 4 is 16.9 Å². The lowest BCUT2D eigenvalue weighted by molar-refractivity contribution is -0.129. The number of carbonyl (C=O) groups excluding carboxylic acids is 1. The zero-order chi connectivity index (χ0) is 18.8. The zero-order valence-electron chi connectivity index (χ0n) is 15.8. The lowest BCUT2D eigenvalue weighted by Gasteiger charge is -2.25. The first-order chi connectivity index (χ1) is 13.2. The quantitative estimate of drug-likeness (QED) is 0.670. The number of rotatable bonds is 6. The molecule has 4 rings (SSSR count). The molecule has 1 aliphatic rings. The van der Waals surface area contributed by atoms with Crippen molar-refractivity contribution in [2.24, 2.45) is 0 Å². The second-order valence-corrected chi connectivity index (χ2v) is 7.14. The van der Waals surface area contributed by atoms with Gasteiger partial charge in [0.05, 0.1) is 23.7 Å². The Morgan fingerprint density at radius 3 is 2.67 bits per heavy atom. The Morgan fingerprint density at radius 1 is 1.15 bits per heavy atom. The highest BCUT2D eigenvalue weighted by molar-refractivity contribution is 5.81. The third-order valence-electron chi connectivity index (χ3n) is 5.48. The monoisotopic (exact) mass is 363 g/mol. The largest absolute Gasteiger partial charge is 0.383 e. The van der Waals surface area contributed by atoms with Gasteiger partial charge in [0.25, 0.3) is 0 Å².